The van der Waals surface area contributed by atoms with Crippen LogP contribution in [0.3, 0.4) is 0 Å². The van der Waals surface area contributed by atoms with Crippen molar-refractivity contribution in [2.45, 2.75) is 25.2 Å². The molecule has 26 heavy (non-hydrogen) atoms. The van der Waals surface area contributed by atoms with Gasteiger partial charge in [-0.1, -0.05) is 18.2 Å². The molecule has 2 amide bonds. The van der Waals surface area contributed by atoms with Crippen molar-refractivity contribution in [1.82, 2.24) is 15.6 Å². The quantitative estimate of drug-likeness (QED) is 0.445. The molecular formula is C17H22N4O5. The monoisotopic (exact) mass is 362 g/mol. The second kappa shape index (κ2) is 8.97. The number of nitrogens with one attached hydrogen (secondary N) is 3. The molecule has 0 fully saturated rings. The molecule has 0 saturated heterocycles. The molecule has 0 aliphatic heterocycles. The first-order valence-corrected chi connectivity index (χ1v) is 8.06. The Hall–Kier alpha value is -2.91. The Kier molecular flexibility index (Phi) is 6.70. The summed E-state index contributed by atoms with van der Waals surface area (Å²) in [4.78, 5) is 27.8. The maximum atomic E-state index is 12.1. The van der Waals surface area contributed by atoms with Crippen LogP contribution in [0.1, 0.15) is 27.8 Å². The van der Waals surface area contributed by atoms with Crippen LogP contribution in [0.5, 0.6) is 0 Å². The van der Waals surface area contributed by atoms with Crippen LogP contribution in [-0.2, 0) is 0 Å². The van der Waals surface area contributed by atoms with Gasteiger partial charge in [-0.3, -0.25) is 9.59 Å². The molecule has 1 aromatic heterocycles. The highest BCUT2D eigenvalue weighted by molar-refractivity contribution is 5.94. The number of aliphatic hydroxyl groups is 2. The molecule has 3 atom stereocenters. The van der Waals surface area contributed by atoms with Crippen LogP contribution in [0.2, 0.25) is 0 Å². The van der Waals surface area contributed by atoms with Crippen molar-refractivity contribution >= 4 is 17.8 Å². The third-order valence-corrected chi connectivity index (χ3v) is 3.72. The van der Waals surface area contributed by atoms with Gasteiger partial charge in [0.25, 0.3) is 17.8 Å². The number of hydrogen-bond donors (Lipinski definition) is 5. The Balaban J connectivity index is 1.83. The standard InChI is InChI=1S/C17H22N4O5/c1-10(20-15(24)11-6-4-3-5-7-11)14(23)13(22)8-19-16(25)12-9-26-17(18-2)21-12/h3-7,9-10,13-14,22-23H,8H2,1-2H3,(H,18,21)(H,19,25)(H,20,24). The van der Waals surface area contributed by atoms with Crippen molar-refractivity contribution in [3.05, 3.63) is 47.9 Å². The number of rotatable bonds is 8. The molecule has 9 nitrogen and oxygen atoms in total. The van der Waals surface area contributed by atoms with Crippen LogP contribution in [0.4, 0.5) is 6.01 Å². The Morgan fingerprint density at radius 3 is 2.50 bits per heavy atom. The van der Waals surface area contributed by atoms with E-state index in [1.807, 2.05) is 0 Å². The van der Waals surface area contributed by atoms with Crippen molar-refractivity contribution in [3.63, 3.8) is 0 Å². The van der Waals surface area contributed by atoms with E-state index in [9.17, 15) is 19.8 Å². The summed E-state index contributed by atoms with van der Waals surface area (Å²) in [5.41, 5.74) is 0.488. The van der Waals surface area contributed by atoms with Crippen molar-refractivity contribution in [2.75, 3.05) is 18.9 Å². The van der Waals surface area contributed by atoms with E-state index in [2.05, 4.69) is 20.9 Å². The number of aliphatic hydroxyl groups excluding tert-OH is 2. The molecule has 9 heteroatoms. The van der Waals surface area contributed by atoms with Crippen LogP contribution in [0.25, 0.3) is 0 Å². The molecule has 0 bridgehead atoms. The second-order valence-electron chi connectivity index (χ2n) is 5.68. The molecule has 0 aliphatic carbocycles. The molecule has 5 N–H and O–H groups in total. The minimum atomic E-state index is -1.28. The van der Waals surface area contributed by atoms with Crippen molar-refractivity contribution in [2.24, 2.45) is 0 Å². The third kappa shape index (κ3) is 5.04. The van der Waals surface area contributed by atoms with Crippen LogP contribution in [0, 0.1) is 0 Å². The van der Waals surface area contributed by atoms with E-state index in [1.165, 1.54) is 6.26 Å². The fraction of sp³-hybridized carbons (Fsp3) is 0.353. The van der Waals surface area contributed by atoms with E-state index in [-0.39, 0.29) is 24.2 Å². The lowest BCUT2D eigenvalue weighted by Crippen LogP contribution is -2.50. The largest absolute Gasteiger partial charge is 0.431 e. The normalized spacial score (nSPS) is 14.2. The predicted molar refractivity (Wildman–Crippen MR) is 93.8 cm³/mol. The molecule has 1 heterocycles. The summed E-state index contributed by atoms with van der Waals surface area (Å²) in [7, 11) is 1.60. The lowest BCUT2D eigenvalue weighted by Gasteiger charge is -2.25. The minimum absolute atomic E-state index is 0.0430. The van der Waals surface area contributed by atoms with Gasteiger partial charge in [0.1, 0.15) is 12.4 Å². The number of aromatic nitrogens is 1. The maximum absolute atomic E-state index is 12.1. The Labute approximate surface area is 150 Å². The molecule has 0 aliphatic rings. The first kappa shape index (κ1) is 19.4. The lowest BCUT2D eigenvalue weighted by molar-refractivity contribution is 0.00174. The molecule has 2 aromatic rings. The summed E-state index contributed by atoms with van der Waals surface area (Å²) in [5, 5.41) is 27.9. The van der Waals surface area contributed by atoms with E-state index < -0.39 is 24.2 Å². The zero-order valence-corrected chi connectivity index (χ0v) is 14.5. The van der Waals surface area contributed by atoms with Crippen LogP contribution >= 0.6 is 0 Å². The third-order valence-electron chi connectivity index (χ3n) is 3.72. The van der Waals surface area contributed by atoms with Crippen molar-refractivity contribution in [3.8, 4) is 0 Å². The summed E-state index contributed by atoms with van der Waals surface area (Å²) in [6.07, 6.45) is -1.37. The van der Waals surface area contributed by atoms with Gasteiger partial charge in [-0.05, 0) is 19.1 Å². The maximum Gasteiger partial charge on any atom is 0.294 e. The summed E-state index contributed by atoms with van der Waals surface area (Å²) in [5.74, 6) is -0.918. The van der Waals surface area contributed by atoms with E-state index in [1.54, 1.807) is 44.3 Å². The number of nitrogens with zero attached hydrogens (tertiary/aromatic N) is 1. The van der Waals surface area contributed by atoms with Gasteiger partial charge in [0.15, 0.2) is 5.69 Å². The number of hydrogen-bond acceptors (Lipinski definition) is 7. The molecule has 0 radical (unpaired) electrons. The zero-order chi connectivity index (χ0) is 19.1. The number of carbonyl (C=O) groups is 2. The number of amides is 2. The first-order valence-electron chi connectivity index (χ1n) is 8.06. The fourth-order valence-corrected chi connectivity index (χ4v) is 2.20. The Bertz CT molecular complexity index is 734. The molecule has 1 aromatic carbocycles. The van der Waals surface area contributed by atoms with Gasteiger partial charge in [-0.2, -0.15) is 4.98 Å². The first-order chi connectivity index (χ1) is 12.4. The highest BCUT2D eigenvalue weighted by atomic mass is 16.4. The molecule has 2 rings (SSSR count). The topological polar surface area (TPSA) is 137 Å². The second-order valence-corrected chi connectivity index (χ2v) is 5.68. The molecule has 0 saturated carbocycles. The van der Waals surface area contributed by atoms with Crippen molar-refractivity contribution < 1.29 is 24.2 Å². The van der Waals surface area contributed by atoms with Crippen molar-refractivity contribution in [1.29, 1.82) is 0 Å². The van der Waals surface area contributed by atoms with E-state index in [4.69, 9.17) is 4.42 Å². The van der Waals surface area contributed by atoms with Gasteiger partial charge < -0.3 is 30.6 Å². The fourth-order valence-electron chi connectivity index (χ4n) is 2.20. The average Bonchev–Trinajstić information content (AvgIpc) is 3.15. The van der Waals surface area contributed by atoms with E-state index in [0.717, 1.165) is 0 Å². The van der Waals surface area contributed by atoms with Crippen LogP contribution in [0.15, 0.2) is 41.0 Å². The highest BCUT2D eigenvalue weighted by Gasteiger charge is 2.25. The minimum Gasteiger partial charge on any atom is -0.431 e. The highest BCUT2D eigenvalue weighted by Crippen LogP contribution is 2.07. The summed E-state index contributed by atoms with van der Waals surface area (Å²) in [6, 6.07) is 7.99. The number of benzene rings is 1. The average molecular weight is 362 g/mol. The SMILES string of the molecule is CNc1nc(C(=O)NCC(O)C(O)C(C)NC(=O)c2ccccc2)co1. The number of carbonyl (C=O) groups excluding carboxylic acids is 2. The van der Waals surface area contributed by atoms with Crippen LogP contribution in [-0.4, -0.2) is 58.9 Å². The van der Waals surface area contributed by atoms with E-state index >= 15 is 0 Å². The molecule has 140 valence electrons. The summed E-state index contributed by atoms with van der Waals surface area (Å²) in [6.45, 7) is 1.35. The molecule has 0 spiro atoms. The predicted octanol–water partition coefficient (Wildman–Crippen LogP) is -0.0136. The molecule has 3 unspecified atom stereocenters. The van der Waals surface area contributed by atoms with Gasteiger partial charge in [-0.25, -0.2) is 0 Å². The summed E-state index contributed by atoms with van der Waals surface area (Å²) < 4.78 is 4.97. The van der Waals surface area contributed by atoms with Gasteiger partial charge >= 0.3 is 0 Å². The number of anilines is 1. The van der Waals surface area contributed by atoms with Gasteiger partial charge in [-0.15, -0.1) is 0 Å². The Morgan fingerprint density at radius 2 is 1.88 bits per heavy atom. The summed E-state index contributed by atoms with van der Waals surface area (Å²) >= 11 is 0. The smallest absolute Gasteiger partial charge is 0.294 e. The van der Waals surface area contributed by atoms with E-state index in [0.29, 0.717) is 5.56 Å². The van der Waals surface area contributed by atoms with Crippen LogP contribution < -0.4 is 16.0 Å². The lowest BCUT2D eigenvalue weighted by atomic mass is 10.1. The van der Waals surface area contributed by atoms with Gasteiger partial charge in [0.2, 0.25) is 0 Å². The molecular weight excluding hydrogens is 340 g/mol. The number of oxazole rings is 1. The zero-order valence-electron chi connectivity index (χ0n) is 14.5. The van der Waals surface area contributed by atoms with Gasteiger partial charge in [0.05, 0.1) is 12.1 Å². The van der Waals surface area contributed by atoms with Gasteiger partial charge in [0, 0.05) is 19.2 Å². The Morgan fingerprint density at radius 1 is 1.19 bits per heavy atom.